The van der Waals surface area contributed by atoms with Crippen LogP contribution in [0.5, 0.6) is 0 Å². The predicted octanol–water partition coefficient (Wildman–Crippen LogP) is 1.36. The maximum atomic E-state index is 12.8. The number of hydrogen-bond donors (Lipinski definition) is 2. The Labute approximate surface area is 205 Å². The molecule has 1 saturated carbocycles. The molecule has 188 valence electrons. The third-order valence-corrected chi connectivity index (χ3v) is 6.90. The molecule has 2 fully saturated rings. The monoisotopic (exact) mass is 494 g/mol. The van der Waals surface area contributed by atoms with Crippen LogP contribution in [0.1, 0.15) is 56.1 Å². The molecule has 3 aliphatic rings. The summed E-state index contributed by atoms with van der Waals surface area (Å²) in [6, 6.07) is 5.30. The molecule has 1 aromatic heterocycles. The van der Waals surface area contributed by atoms with Crippen molar-refractivity contribution in [1.29, 1.82) is 0 Å². The maximum Gasteiger partial charge on any atom is 0.340 e. The van der Waals surface area contributed by atoms with Gasteiger partial charge in [0.05, 0.1) is 17.7 Å². The van der Waals surface area contributed by atoms with Gasteiger partial charge in [0.25, 0.3) is 11.8 Å². The number of nitrogens with two attached hydrogens (primary N) is 2. The lowest BCUT2D eigenvalue weighted by Gasteiger charge is -2.45. The lowest BCUT2D eigenvalue weighted by Crippen LogP contribution is -2.58. The fraction of sp³-hybridized carbons (Fsp3) is 0.417. The molecule has 1 aromatic carbocycles. The average molecular weight is 495 g/mol. The summed E-state index contributed by atoms with van der Waals surface area (Å²) in [4.78, 5) is 64.2. The quantitative estimate of drug-likeness (QED) is 0.470. The van der Waals surface area contributed by atoms with Crippen LogP contribution in [0.3, 0.4) is 0 Å². The summed E-state index contributed by atoms with van der Waals surface area (Å²) in [5, 5.41) is 1.07. The number of guanidine groups is 2. The summed E-state index contributed by atoms with van der Waals surface area (Å²) < 4.78 is 5.57. The summed E-state index contributed by atoms with van der Waals surface area (Å²) in [6.45, 7) is 1.69. The molecule has 2 amide bonds. The van der Waals surface area contributed by atoms with Crippen LogP contribution >= 0.6 is 0 Å². The Balaban J connectivity index is 1.47. The smallest absolute Gasteiger partial charge is 0.340 e. The minimum atomic E-state index is -0.906. The zero-order valence-electron chi connectivity index (χ0n) is 19.8. The second-order valence-corrected chi connectivity index (χ2v) is 9.21. The molecular weight excluding hydrogens is 468 g/mol. The minimum absolute atomic E-state index is 0.0168. The van der Waals surface area contributed by atoms with Crippen molar-refractivity contribution in [1.82, 2.24) is 5.06 Å². The number of benzene rings is 1. The topological polar surface area (TPSA) is 174 Å². The first-order valence-electron chi connectivity index (χ1n) is 11.8. The van der Waals surface area contributed by atoms with Gasteiger partial charge < -0.3 is 20.7 Å². The van der Waals surface area contributed by atoms with Crippen molar-refractivity contribution in [3.8, 4) is 0 Å². The van der Waals surface area contributed by atoms with Gasteiger partial charge in [0.2, 0.25) is 11.9 Å². The first-order chi connectivity index (χ1) is 17.2. The Bertz CT molecular complexity index is 1390. The first-order valence-corrected chi connectivity index (χ1v) is 11.8. The highest BCUT2D eigenvalue weighted by molar-refractivity contribution is 6.06. The molecule has 0 radical (unpaired) electrons. The zero-order valence-corrected chi connectivity index (χ0v) is 19.8. The van der Waals surface area contributed by atoms with E-state index in [0.717, 1.165) is 32.1 Å². The molecule has 12 nitrogen and oxygen atoms in total. The van der Waals surface area contributed by atoms with Crippen LogP contribution in [0, 0.1) is 6.92 Å². The highest BCUT2D eigenvalue weighted by Crippen LogP contribution is 2.40. The number of aryl methyl sites for hydroxylation is 1. The summed E-state index contributed by atoms with van der Waals surface area (Å²) in [5.74, 6) is -1.73. The second kappa shape index (κ2) is 8.77. The van der Waals surface area contributed by atoms with Crippen molar-refractivity contribution in [2.24, 2.45) is 21.5 Å². The largest absolute Gasteiger partial charge is 0.422 e. The van der Waals surface area contributed by atoms with Crippen molar-refractivity contribution in [3.63, 3.8) is 0 Å². The van der Waals surface area contributed by atoms with Gasteiger partial charge in [-0.2, -0.15) is 4.99 Å². The van der Waals surface area contributed by atoms with Crippen molar-refractivity contribution in [2.45, 2.75) is 64.0 Å². The molecule has 2 aromatic rings. The van der Waals surface area contributed by atoms with Crippen LogP contribution in [0.4, 0.5) is 5.69 Å². The molecule has 12 heteroatoms. The number of aliphatic imine (C=N–C) groups is 2. The van der Waals surface area contributed by atoms with Gasteiger partial charge in [-0.15, -0.1) is 5.06 Å². The van der Waals surface area contributed by atoms with Gasteiger partial charge in [-0.3, -0.25) is 14.5 Å². The van der Waals surface area contributed by atoms with E-state index in [1.54, 1.807) is 19.1 Å². The number of carbonyl (C=O) groups is 3. The lowest BCUT2D eigenvalue weighted by atomic mass is 9.87. The molecule has 2 aliphatic heterocycles. The molecule has 0 bridgehead atoms. The Hall–Kier alpha value is -4.22. The third kappa shape index (κ3) is 3.97. The van der Waals surface area contributed by atoms with Crippen molar-refractivity contribution in [2.75, 3.05) is 4.90 Å². The van der Waals surface area contributed by atoms with E-state index < -0.39 is 35.5 Å². The van der Waals surface area contributed by atoms with Crippen LogP contribution in [0.25, 0.3) is 11.0 Å². The van der Waals surface area contributed by atoms with Gasteiger partial charge in [-0.1, -0.05) is 6.42 Å². The van der Waals surface area contributed by atoms with Crippen molar-refractivity contribution in [3.05, 3.63) is 39.7 Å². The Kier molecular flexibility index (Phi) is 5.73. The molecule has 36 heavy (non-hydrogen) atoms. The highest BCUT2D eigenvalue weighted by atomic mass is 16.7. The minimum Gasteiger partial charge on any atom is -0.422 e. The van der Waals surface area contributed by atoms with Gasteiger partial charge in [0, 0.05) is 24.3 Å². The van der Waals surface area contributed by atoms with Gasteiger partial charge >= 0.3 is 11.6 Å². The SMILES string of the molecule is Cc1c(CC(=O)ON2C(=O)CCC2=O)c(=O)oc2cc(N3C(N)=NC(N)=NC34CCCCC4)ccc12. The number of hydrogen-bond acceptors (Lipinski definition) is 11. The van der Waals surface area contributed by atoms with Gasteiger partial charge in [-0.05, 0) is 50.3 Å². The summed E-state index contributed by atoms with van der Waals surface area (Å²) in [5.41, 5.74) is 12.4. The maximum absolute atomic E-state index is 12.8. The van der Waals surface area contributed by atoms with Crippen LogP contribution in [0.2, 0.25) is 0 Å². The van der Waals surface area contributed by atoms with Crippen LogP contribution in [-0.2, 0) is 25.6 Å². The zero-order chi connectivity index (χ0) is 25.6. The average Bonchev–Trinajstić information content (AvgIpc) is 3.13. The van der Waals surface area contributed by atoms with E-state index in [0.29, 0.717) is 27.3 Å². The fourth-order valence-electron chi connectivity index (χ4n) is 5.16. The molecule has 4 N–H and O–H groups in total. The van der Waals surface area contributed by atoms with Crippen LogP contribution in [-0.4, -0.2) is 40.4 Å². The van der Waals surface area contributed by atoms with E-state index >= 15 is 0 Å². The van der Waals surface area contributed by atoms with E-state index in [4.69, 9.17) is 20.7 Å². The van der Waals surface area contributed by atoms with Gasteiger partial charge in [0.15, 0.2) is 0 Å². The van der Waals surface area contributed by atoms with E-state index in [-0.39, 0.29) is 30.3 Å². The third-order valence-electron chi connectivity index (χ3n) is 6.90. The number of anilines is 1. The van der Waals surface area contributed by atoms with Crippen molar-refractivity contribution < 1.29 is 23.6 Å². The molecular formula is C24H26N6O6. The molecule has 0 unspecified atom stereocenters. The number of imide groups is 1. The lowest BCUT2D eigenvalue weighted by molar-refractivity contribution is -0.197. The van der Waals surface area contributed by atoms with Crippen LogP contribution in [0.15, 0.2) is 37.4 Å². The molecule has 1 saturated heterocycles. The van der Waals surface area contributed by atoms with Crippen molar-refractivity contribution >= 4 is 46.4 Å². The summed E-state index contributed by atoms with van der Waals surface area (Å²) >= 11 is 0. The summed E-state index contributed by atoms with van der Waals surface area (Å²) in [7, 11) is 0. The molecule has 1 spiro atoms. The van der Waals surface area contributed by atoms with Gasteiger partial charge in [0.1, 0.15) is 11.2 Å². The molecule has 3 heterocycles. The van der Waals surface area contributed by atoms with E-state index in [9.17, 15) is 19.2 Å². The Morgan fingerprint density at radius 1 is 1.11 bits per heavy atom. The molecule has 1 aliphatic carbocycles. The number of hydroxylamine groups is 2. The first kappa shape index (κ1) is 23.5. The second-order valence-electron chi connectivity index (χ2n) is 9.21. The standard InChI is InChI=1S/C24H26N6O6/c1-13-15-6-5-14(29-23(26)27-22(25)28-24(29)9-3-2-4-10-24)11-17(15)35-21(34)16(13)12-20(33)36-30-18(31)7-8-19(30)32/h5-6,11H,2-4,7-10,12H2,1H3,(H4,25,26,27,28). The molecule has 5 rings (SSSR count). The number of amides is 2. The number of fused-ring (bicyclic) bond motifs is 1. The number of nitrogens with zero attached hydrogens (tertiary/aromatic N) is 4. The Morgan fingerprint density at radius 2 is 1.81 bits per heavy atom. The highest BCUT2D eigenvalue weighted by Gasteiger charge is 2.42. The molecule has 0 atom stereocenters. The number of carbonyl (C=O) groups excluding carboxylic acids is 3. The number of rotatable bonds is 4. The van der Waals surface area contributed by atoms with Gasteiger partial charge in [-0.25, -0.2) is 14.6 Å². The normalized spacial score (nSPS) is 19.6. The predicted molar refractivity (Wildman–Crippen MR) is 130 cm³/mol. The van der Waals surface area contributed by atoms with E-state index in [2.05, 4.69) is 9.98 Å². The van der Waals surface area contributed by atoms with Crippen LogP contribution < -0.4 is 22.0 Å². The van der Waals surface area contributed by atoms with E-state index in [1.807, 2.05) is 11.0 Å². The summed E-state index contributed by atoms with van der Waals surface area (Å²) in [6.07, 6.45) is 4.06. The fourth-order valence-corrected chi connectivity index (χ4v) is 5.16. The van der Waals surface area contributed by atoms with E-state index in [1.165, 1.54) is 0 Å². The Morgan fingerprint density at radius 3 is 2.50 bits per heavy atom.